The lowest BCUT2D eigenvalue weighted by atomic mass is 9.97. The van der Waals surface area contributed by atoms with Gasteiger partial charge >= 0.3 is 12.3 Å². The van der Waals surface area contributed by atoms with Crippen LogP contribution in [0, 0.1) is 5.82 Å². The molecule has 5 nitrogen and oxygen atoms in total. The van der Waals surface area contributed by atoms with Crippen LogP contribution in [0.3, 0.4) is 0 Å². The van der Waals surface area contributed by atoms with Gasteiger partial charge in [0, 0.05) is 11.6 Å². The van der Waals surface area contributed by atoms with Crippen molar-refractivity contribution < 1.29 is 32.3 Å². The number of carboxylic acid groups (broad SMARTS) is 1. The van der Waals surface area contributed by atoms with E-state index >= 15 is 0 Å². The third kappa shape index (κ3) is 4.89. The van der Waals surface area contributed by atoms with Crippen molar-refractivity contribution in [1.29, 1.82) is 0 Å². The second kappa shape index (κ2) is 9.22. The molecule has 3 aromatic rings. The first-order chi connectivity index (χ1) is 15.0. The highest BCUT2D eigenvalue weighted by atomic mass is 35.5. The normalized spacial score (nSPS) is 12.9. The summed E-state index contributed by atoms with van der Waals surface area (Å²) in [7, 11) is 0. The fraction of sp³-hybridized carbons (Fsp3) is 0.143. The van der Waals surface area contributed by atoms with Crippen molar-refractivity contribution in [2.24, 2.45) is 0 Å². The van der Waals surface area contributed by atoms with Gasteiger partial charge in [0.25, 0.3) is 0 Å². The summed E-state index contributed by atoms with van der Waals surface area (Å²) in [6.07, 6.45) is -2.04. The number of hydrogen-bond acceptors (Lipinski definition) is 2. The Balaban J connectivity index is 1.97. The maximum Gasteiger partial charge on any atom is 0.427 e. The number of hydrogen-bond donors (Lipinski definition) is 1. The molecule has 3 rings (SSSR count). The molecular formula is C21H14Cl2F4N2O3. The Labute approximate surface area is 189 Å². The maximum atomic E-state index is 13.6. The molecule has 32 heavy (non-hydrogen) atoms. The summed E-state index contributed by atoms with van der Waals surface area (Å²) in [5, 5.41) is 9.55. The lowest BCUT2D eigenvalue weighted by Crippen LogP contribution is -2.40. The number of aromatic nitrogens is 1. The van der Waals surface area contributed by atoms with Crippen molar-refractivity contribution in [2.75, 3.05) is 11.6 Å². The maximum absolute atomic E-state index is 13.6. The van der Waals surface area contributed by atoms with Crippen LogP contribution in [0.2, 0.25) is 10.0 Å². The molecule has 1 heterocycles. The highest BCUT2D eigenvalue weighted by Gasteiger charge is 2.39. The van der Waals surface area contributed by atoms with Crippen molar-refractivity contribution in [3.05, 3.63) is 75.7 Å². The van der Waals surface area contributed by atoms with Crippen LogP contribution in [0.25, 0.3) is 17.0 Å². The second-order valence-electron chi connectivity index (χ2n) is 6.69. The molecule has 0 spiro atoms. The summed E-state index contributed by atoms with van der Waals surface area (Å²) < 4.78 is 55.8. The number of nitrogens with zero attached hydrogens (tertiary/aromatic N) is 2. The first-order valence-corrected chi connectivity index (χ1v) is 9.73. The zero-order valence-corrected chi connectivity index (χ0v) is 17.5. The molecule has 0 aliphatic rings. The average molecular weight is 489 g/mol. The molecule has 1 amide bonds. The van der Waals surface area contributed by atoms with Gasteiger partial charge < -0.3 is 9.90 Å². The molecule has 11 heteroatoms. The molecule has 0 saturated heterocycles. The Morgan fingerprint density at radius 2 is 1.81 bits per heavy atom. The van der Waals surface area contributed by atoms with Crippen molar-refractivity contribution in [3.63, 3.8) is 0 Å². The molecule has 0 bridgehead atoms. The number of amides is 1. The molecule has 0 saturated carbocycles. The standard InChI is InChI=1S/C21H14Cl2F4N2O3/c22-16-10-14(11-17(23)19(16)24)15(21(25,26)27)3-1-12-2-4-18-13(9-12)5-6-28(18)29(7-8-30)20(31)32/h1-6,8-11,15H,7H2,(H,31,32). The SMILES string of the molecule is O=CCN(C(=O)O)n1ccc2cc(C=CC(c3cc(Cl)c(F)c(Cl)c3)C(F)(F)F)ccc21. The van der Waals surface area contributed by atoms with Crippen LogP contribution in [-0.2, 0) is 4.79 Å². The van der Waals surface area contributed by atoms with E-state index in [-0.39, 0.29) is 5.56 Å². The van der Waals surface area contributed by atoms with Gasteiger partial charge in [-0.1, -0.05) is 41.4 Å². The predicted octanol–water partition coefficient (Wildman–Crippen LogP) is 6.26. The summed E-state index contributed by atoms with van der Waals surface area (Å²) in [6, 6.07) is 7.89. The molecule has 1 unspecified atom stereocenters. The van der Waals surface area contributed by atoms with E-state index in [0.717, 1.165) is 23.2 Å². The Hall–Kier alpha value is -3.04. The molecule has 0 aliphatic heterocycles. The van der Waals surface area contributed by atoms with Gasteiger partial charge in [0.2, 0.25) is 0 Å². The fourth-order valence-corrected chi connectivity index (χ4v) is 3.66. The largest absolute Gasteiger partial charge is 0.464 e. The van der Waals surface area contributed by atoms with Gasteiger partial charge in [-0.05, 0) is 41.5 Å². The van der Waals surface area contributed by atoms with Crippen LogP contribution in [0.5, 0.6) is 0 Å². The van der Waals surface area contributed by atoms with Gasteiger partial charge in [-0.2, -0.15) is 13.2 Å². The zero-order chi connectivity index (χ0) is 23.6. The van der Waals surface area contributed by atoms with Crippen LogP contribution >= 0.6 is 23.2 Å². The van der Waals surface area contributed by atoms with Crippen molar-refractivity contribution in [2.45, 2.75) is 12.1 Å². The summed E-state index contributed by atoms with van der Waals surface area (Å²) in [6.45, 7) is -0.392. The van der Waals surface area contributed by atoms with Gasteiger partial charge in [-0.3, -0.25) is 4.68 Å². The Bertz CT molecular complexity index is 1180. The minimum atomic E-state index is -4.69. The lowest BCUT2D eigenvalue weighted by Gasteiger charge is -2.19. The minimum Gasteiger partial charge on any atom is -0.464 e. The highest BCUT2D eigenvalue weighted by molar-refractivity contribution is 6.35. The van der Waals surface area contributed by atoms with Crippen molar-refractivity contribution in [1.82, 2.24) is 4.68 Å². The van der Waals surface area contributed by atoms with Gasteiger partial charge in [0.05, 0.1) is 21.5 Å². The molecule has 168 valence electrons. The van der Waals surface area contributed by atoms with Crippen LogP contribution in [-0.4, -0.2) is 34.9 Å². The van der Waals surface area contributed by atoms with Crippen LogP contribution in [0.1, 0.15) is 17.0 Å². The number of fused-ring (bicyclic) bond motifs is 1. The van der Waals surface area contributed by atoms with E-state index in [9.17, 15) is 32.3 Å². The molecule has 1 aromatic heterocycles. The van der Waals surface area contributed by atoms with Gasteiger partial charge in [-0.25, -0.2) is 14.2 Å². The van der Waals surface area contributed by atoms with E-state index in [1.807, 2.05) is 0 Å². The number of halogens is 6. The summed E-state index contributed by atoms with van der Waals surface area (Å²) in [5.41, 5.74) is 0.528. The number of carbonyl (C=O) groups is 2. The van der Waals surface area contributed by atoms with E-state index < -0.39 is 40.6 Å². The van der Waals surface area contributed by atoms with Crippen LogP contribution < -0.4 is 5.01 Å². The molecule has 0 radical (unpaired) electrons. The van der Waals surface area contributed by atoms with Crippen LogP contribution in [0.15, 0.2) is 48.7 Å². The van der Waals surface area contributed by atoms with Gasteiger partial charge in [0.1, 0.15) is 12.8 Å². The number of allylic oxidation sites excluding steroid dienone is 1. The summed E-state index contributed by atoms with van der Waals surface area (Å²) in [4.78, 5) is 22.1. The molecule has 0 fully saturated rings. The molecule has 2 aromatic carbocycles. The van der Waals surface area contributed by atoms with Crippen molar-refractivity contribution >= 4 is 52.6 Å². The number of rotatable bonds is 6. The molecule has 1 atom stereocenters. The minimum absolute atomic E-state index is 0.316. The third-order valence-electron chi connectivity index (χ3n) is 4.62. The van der Waals surface area contributed by atoms with Gasteiger partial charge in [0.15, 0.2) is 5.82 Å². The van der Waals surface area contributed by atoms with E-state index in [4.69, 9.17) is 23.2 Å². The fourth-order valence-electron chi connectivity index (χ4n) is 3.16. The number of carbonyl (C=O) groups excluding carboxylic acids is 1. The quantitative estimate of drug-likeness (QED) is 0.253. The average Bonchev–Trinajstić information content (AvgIpc) is 3.12. The monoisotopic (exact) mass is 488 g/mol. The first-order valence-electron chi connectivity index (χ1n) is 8.97. The number of alkyl halides is 3. The summed E-state index contributed by atoms with van der Waals surface area (Å²) >= 11 is 11.3. The predicted molar refractivity (Wildman–Crippen MR) is 113 cm³/mol. The lowest BCUT2D eigenvalue weighted by molar-refractivity contribution is -0.139. The summed E-state index contributed by atoms with van der Waals surface area (Å²) in [5.74, 6) is -3.09. The number of benzene rings is 2. The van der Waals surface area contributed by atoms with Crippen LogP contribution in [0.4, 0.5) is 22.4 Å². The van der Waals surface area contributed by atoms with Crippen molar-refractivity contribution in [3.8, 4) is 0 Å². The number of aldehydes is 1. The Morgan fingerprint density at radius 1 is 1.16 bits per heavy atom. The topological polar surface area (TPSA) is 62.5 Å². The smallest absolute Gasteiger partial charge is 0.427 e. The molecule has 0 aliphatic carbocycles. The van der Waals surface area contributed by atoms with E-state index in [0.29, 0.717) is 22.8 Å². The molecule has 1 N–H and O–H groups in total. The van der Waals surface area contributed by atoms with E-state index in [2.05, 4.69) is 0 Å². The first kappa shape index (κ1) is 23.6. The van der Waals surface area contributed by atoms with Gasteiger partial charge in [-0.15, -0.1) is 0 Å². The highest BCUT2D eigenvalue weighted by Crippen LogP contribution is 2.39. The second-order valence-corrected chi connectivity index (χ2v) is 7.50. The third-order valence-corrected chi connectivity index (χ3v) is 5.17. The molecular weight excluding hydrogens is 475 g/mol. The van der Waals surface area contributed by atoms with E-state index in [1.54, 1.807) is 12.1 Å². The van der Waals surface area contributed by atoms with E-state index in [1.165, 1.54) is 29.1 Å². The Morgan fingerprint density at radius 3 is 2.38 bits per heavy atom. The zero-order valence-electron chi connectivity index (χ0n) is 16.0. The Kier molecular flexibility index (Phi) is 6.80.